The van der Waals surface area contributed by atoms with Crippen LogP contribution in [-0.4, -0.2) is 32.6 Å². The van der Waals surface area contributed by atoms with E-state index in [1.165, 1.54) is 0 Å². The van der Waals surface area contributed by atoms with Gasteiger partial charge in [-0.1, -0.05) is 18.2 Å². The summed E-state index contributed by atoms with van der Waals surface area (Å²) in [7, 11) is 3.13. The zero-order chi connectivity index (χ0) is 17.8. The number of ether oxygens (including phenoxy) is 2. The first-order chi connectivity index (χ1) is 12.1. The first-order valence-corrected chi connectivity index (χ1v) is 8.00. The highest BCUT2D eigenvalue weighted by Gasteiger charge is 2.36. The molecule has 130 valence electrons. The van der Waals surface area contributed by atoms with Crippen LogP contribution in [0.1, 0.15) is 6.42 Å². The largest absolute Gasteiger partial charge is 0.497 e. The van der Waals surface area contributed by atoms with Gasteiger partial charge in [-0.2, -0.15) is 0 Å². The molecule has 1 N–H and O–H groups in total. The van der Waals surface area contributed by atoms with Crippen molar-refractivity contribution in [1.82, 2.24) is 0 Å². The first kappa shape index (κ1) is 16.8. The van der Waals surface area contributed by atoms with Crippen molar-refractivity contribution < 1.29 is 19.1 Å². The van der Waals surface area contributed by atoms with Gasteiger partial charge in [-0.05, 0) is 24.3 Å². The van der Waals surface area contributed by atoms with E-state index in [2.05, 4.69) is 5.32 Å². The summed E-state index contributed by atoms with van der Waals surface area (Å²) in [6.45, 7) is 0.328. The highest BCUT2D eigenvalue weighted by molar-refractivity contribution is 6.04. The quantitative estimate of drug-likeness (QED) is 0.909. The van der Waals surface area contributed by atoms with Gasteiger partial charge in [0.15, 0.2) is 0 Å². The second kappa shape index (κ2) is 7.25. The lowest BCUT2D eigenvalue weighted by Gasteiger charge is -2.19. The SMILES string of the molecule is COc1cccc(NC(=O)[C@@H]2CC(=O)N(c3ccccc3OC)C2)c1. The summed E-state index contributed by atoms with van der Waals surface area (Å²) in [4.78, 5) is 26.5. The van der Waals surface area contributed by atoms with Crippen LogP contribution >= 0.6 is 0 Å². The Labute approximate surface area is 146 Å². The zero-order valence-corrected chi connectivity index (χ0v) is 14.2. The van der Waals surface area contributed by atoms with Crippen LogP contribution in [0.4, 0.5) is 11.4 Å². The fourth-order valence-electron chi connectivity index (χ4n) is 2.91. The number of rotatable bonds is 5. The van der Waals surface area contributed by atoms with Crippen molar-refractivity contribution >= 4 is 23.2 Å². The Morgan fingerprint density at radius 1 is 1.12 bits per heavy atom. The molecule has 6 nitrogen and oxygen atoms in total. The van der Waals surface area contributed by atoms with Crippen LogP contribution in [0, 0.1) is 5.92 Å². The van der Waals surface area contributed by atoms with Gasteiger partial charge in [0, 0.05) is 24.7 Å². The highest BCUT2D eigenvalue weighted by Crippen LogP contribution is 2.33. The number of hydrogen-bond donors (Lipinski definition) is 1. The topological polar surface area (TPSA) is 67.9 Å². The molecule has 3 rings (SSSR count). The van der Waals surface area contributed by atoms with Gasteiger partial charge < -0.3 is 19.7 Å². The minimum Gasteiger partial charge on any atom is -0.497 e. The van der Waals surface area contributed by atoms with E-state index in [0.717, 1.165) is 0 Å². The van der Waals surface area contributed by atoms with Crippen LogP contribution in [0.25, 0.3) is 0 Å². The van der Waals surface area contributed by atoms with Gasteiger partial charge >= 0.3 is 0 Å². The van der Waals surface area contributed by atoms with E-state index in [4.69, 9.17) is 9.47 Å². The summed E-state index contributed by atoms with van der Waals surface area (Å²) in [5, 5.41) is 2.85. The maximum atomic E-state index is 12.5. The average Bonchev–Trinajstić information content (AvgIpc) is 3.03. The minimum absolute atomic E-state index is 0.0877. The maximum Gasteiger partial charge on any atom is 0.229 e. The van der Waals surface area contributed by atoms with Gasteiger partial charge in [-0.3, -0.25) is 9.59 Å². The molecule has 1 aliphatic rings. The zero-order valence-electron chi connectivity index (χ0n) is 14.2. The number of carbonyl (C=O) groups excluding carboxylic acids is 2. The van der Waals surface area contributed by atoms with Gasteiger partial charge in [-0.25, -0.2) is 0 Å². The Bertz CT molecular complexity index is 790. The molecule has 2 aromatic carbocycles. The molecule has 0 aliphatic carbocycles. The average molecular weight is 340 g/mol. The fraction of sp³-hybridized carbons (Fsp3) is 0.263. The molecule has 1 fully saturated rings. The molecule has 2 aromatic rings. The van der Waals surface area contributed by atoms with E-state index in [0.29, 0.717) is 29.4 Å². The van der Waals surface area contributed by atoms with Crippen molar-refractivity contribution in [3.05, 3.63) is 48.5 Å². The van der Waals surface area contributed by atoms with Crippen LogP contribution in [0.2, 0.25) is 0 Å². The predicted octanol–water partition coefficient (Wildman–Crippen LogP) is 2.70. The molecule has 2 amide bonds. The summed E-state index contributed by atoms with van der Waals surface area (Å²) < 4.78 is 10.5. The Hall–Kier alpha value is -3.02. The normalized spacial score (nSPS) is 16.6. The molecule has 0 spiro atoms. The van der Waals surface area contributed by atoms with Gasteiger partial charge in [0.05, 0.1) is 25.8 Å². The van der Waals surface area contributed by atoms with E-state index in [1.54, 1.807) is 49.5 Å². The number of hydrogen-bond acceptors (Lipinski definition) is 4. The predicted molar refractivity (Wildman–Crippen MR) is 95.1 cm³/mol. The molecule has 1 saturated heterocycles. The number of nitrogens with zero attached hydrogens (tertiary/aromatic N) is 1. The minimum atomic E-state index is -0.413. The molecule has 1 heterocycles. The van der Waals surface area contributed by atoms with Crippen LogP contribution in [0.3, 0.4) is 0 Å². The van der Waals surface area contributed by atoms with Crippen LogP contribution in [0.5, 0.6) is 11.5 Å². The van der Waals surface area contributed by atoms with Gasteiger partial charge in [0.2, 0.25) is 11.8 Å². The van der Waals surface area contributed by atoms with Crippen molar-refractivity contribution in [3.63, 3.8) is 0 Å². The summed E-state index contributed by atoms with van der Waals surface area (Å²) in [6, 6.07) is 14.4. The second-order valence-electron chi connectivity index (χ2n) is 5.80. The van der Waals surface area contributed by atoms with Crippen LogP contribution < -0.4 is 19.7 Å². The number of carbonyl (C=O) groups is 2. The van der Waals surface area contributed by atoms with Crippen LogP contribution in [-0.2, 0) is 9.59 Å². The summed E-state index contributed by atoms with van der Waals surface area (Å²) >= 11 is 0. The third kappa shape index (κ3) is 3.57. The third-order valence-electron chi connectivity index (χ3n) is 4.21. The lowest BCUT2D eigenvalue weighted by atomic mass is 10.1. The summed E-state index contributed by atoms with van der Waals surface area (Å²) in [5.41, 5.74) is 1.33. The van der Waals surface area contributed by atoms with E-state index in [-0.39, 0.29) is 18.2 Å². The van der Waals surface area contributed by atoms with Crippen molar-refractivity contribution in [2.45, 2.75) is 6.42 Å². The van der Waals surface area contributed by atoms with E-state index < -0.39 is 5.92 Å². The summed E-state index contributed by atoms with van der Waals surface area (Å²) in [6.07, 6.45) is 0.174. The third-order valence-corrected chi connectivity index (χ3v) is 4.21. The smallest absolute Gasteiger partial charge is 0.229 e. The monoisotopic (exact) mass is 340 g/mol. The molecule has 1 aliphatic heterocycles. The Morgan fingerprint density at radius 3 is 2.68 bits per heavy atom. The lowest BCUT2D eigenvalue weighted by molar-refractivity contribution is -0.122. The molecule has 0 unspecified atom stereocenters. The van der Waals surface area contributed by atoms with Crippen LogP contribution in [0.15, 0.2) is 48.5 Å². The van der Waals surface area contributed by atoms with Crippen molar-refractivity contribution in [2.24, 2.45) is 5.92 Å². The van der Waals surface area contributed by atoms with E-state index >= 15 is 0 Å². The number of nitrogens with one attached hydrogen (secondary N) is 1. The molecule has 0 saturated carbocycles. The van der Waals surface area contributed by atoms with E-state index in [1.807, 2.05) is 18.2 Å². The fourth-order valence-corrected chi connectivity index (χ4v) is 2.91. The molecule has 0 bridgehead atoms. The number of anilines is 2. The Balaban J connectivity index is 1.72. The molecule has 1 atom stereocenters. The van der Waals surface area contributed by atoms with Gasteiger partial charge in [0.1, 0.15) is 11.5 Å². The van der Waals surface area contributed by atoms with Crippen molar-refractivity contribution in [3.8, 4) is 11.5 Å². The number of benzene rings is 2. The number of methoxy groups -OCH3 is 2. The molecule has 6 heteroatoms. The van der Waals surface area contributed by atoms with Gasteiger partial charge in [-0.15, -0.1) is 0 Å². The molecule has 0 aromatic heterocycles. The van der Waals surface area contributed by atoms with Gasteiger partial charge in [0.25, 0.3) is 0 Å². The Morgan fingerprint density at radius 2 is 1.92 bits per heavy atom. The summed E-state index contributed by atoms with van der Waals surface area (Å²) in [5.74, 6) is 0.596. The lowest BCUT2D eigenvalue weighted by Crippen LogP contribution is -2.28. The maximum absolute atomic E-state index is 12.5. The second-order valence-corrected chi connectivity index (χ2v) is 5.80. The van der Waals surface area contributed by atoms with E-state index in [9.17, 15) is 9.59 Å². The van der Waals surface area contributed by atoms with Crippen molar-refractivity contribution in [1.29, 1.82) is 0 Å². The number of para-hydroxylation sites is 2. The first-order valence-electron chi connectivity index (χ1n) is 8.00. The molecule has 0 radical (unpaired) electrons. The molecular weight excluding hydrogens is 320 g/mol. The highest BCUT2D eigenvalue weighted by atomic mass is 16.5. The molecular formula is C19H20N2O4. The Kier molecular flexibility index (Phi) is 4.88. The standard InChI is InChI=1S/C19H20N2O4/c1-24-15-7-5-6-14(11-15)20-19(23)13-10-18(22)21(12-13)16-8-3-4-9-17(16)25-2/h3-9,11,13H,10,12H2,1-2H3,(H,20,23)/t13-/m1/s1. The van der Waals surface area contributed by atoms with Crippen molar-refractivity contribution in [2.75, 3.05) is 31.0 Å². The molecule has 25 heavy (non-hydrogen) atoms. The number of amides is 2.